The number of aromatic nitrogens is 2. The summed E-state index contributed by atoms with van der Waals surface area (Å²) in [6.07, 6.45) is 7.04. The molecule has 1 aliphatic rings. The molecule has 1 heterocycles. The molecule has 1 aromatic rings. The van der Waals surface area contributed by atoms with Crippen LogP contribution in [0.1, 0.15) is 22.5 Å². The van der Waals surface area contributed by atoms with Crippen LogP contribution >= 0.6 is 11.8 Å². The first-order chi connectivity index (χ1) is 8.11. The van der Waals surface area contributed by atoms with Crippen molar-refractivity contribution in [2.24, 2.45) is 0 Å². The van der Waals surface area contributed by atoms with E-state index in [1.54, 1.807) is 6.20 Å². The lowest BCUT2D eigenvalue weighted by molar-refractivity contribution is 0.102. The summed E-state index contributed by atoms with van der Waals surface area (Å²) < 4.78 is 0. The average molecular weight is 249 g/mol. The molecule has 5 heteroatoms. The number of hydrogen-bond donors (Lipinski definition) is 0. The van der Waals surface area contributed by atoms with Crippen molar-refractivity contribution in [1.29, 1.82) is 0 Å². The quantitative estimate of drug-likeness (QED) is 0.454. The standard InChI is InChI=1S/C12H15N3OS/c1-15(2)7-8-4-5-10-9(11(8)16)6-13-12(14-10)17-3/h6-7H,4-5H2,1-3H3/b8-7-. The third kappa shape index (κ3) is 2.49. The van der Waals surface area contributed by atoms with Gasteiger partial charge in [0.25, 0.3) is 0 Å². The van der Waals surface area contributed by atoms with E-state index < -0.39 is 0 Å². The number of aryl methyl sites for hydroxylation is 1. The lowest BCUT2D eigenvalue weighted by Gasteiger charge is -2.18. The van der Waals surface area contributed by atoms with Crippen LogP contribution in [-0.2, 0) is 6.42 Å². The van der Waals surface area contributed by atoms with Gasteiger partial charge in [-0.05, 0) is 19.1 Å². The van der Waals surface area contributed by atoms with Gasteiger partial charge in [-0.3, -0.25) is 4.79 Å². The first kappa shape index (κ1) is 12.1. The minimum atomic E-state index is 0.0626. The Bertz CT molecular complexity index is 483. The van der Waals surface area contributed by atoms with Crippen LogP contribution in [0.2, 0.25) is 0 Å². The molecule has 1 aliphatic carbocycles. The molecule has 0 fully saturated rings. The molecule has 0 amide bonds. The van der Waals surface area contributed by atoms with Crippen molar-refractivity contribution in [2.75, 3.05) is 20.4 Å². The minimum absolute atomic E-state index is 0.0626. The summed E-state index contributed by atoms with van der Waals surface area (Å²) in [5, 5.41) is 0.733. The fourth-order valence-electron chi connectivity index (χ4n) is 1.85. The van der Waals surface area contributed by atoms with Crippen LogP contribution in [0, 0.1) is 0 Å². The summed E-state index contributed by atoms with van der Waals surface area (Å²) in [7, 11) is 3.84. The second kappa shape index (κ2) is 4.87. The molecule has 0 aromatic carbocycles. The van der Waals surface area contributed by atoms with E-state index in [-0.39, 0.29) is 5.78 Å². The predicted molar refractivity (Wildman–Crippen MR) is 68.2 cm³/mol. The summed E-state index contributed by atoms with van der Waals surface area (Å²) in [4.78, 5) is 22.6. The number of nitrogens with zero attached hydrogens (tertiary/aromatic N) is 3. The van der Waals surface area contributed by atoms with Crippen LogP contribution < -0.4 is 0 Å². The monoisotopic (exact) mass is 249 g/mol. The van der Waals surface area contributed by atoms with Gasteiger partial charge in [0, 0.05) is 32.1 Å². The van der Waals surface area contributed by atoms with Crippen LogP contribution in [0.5, 0.6) is 0 Å². The van der Waals surface area contributed by atoms with Crippen molar-refractivity contribution >= 4 is 17.5 Å². The molecule has 0 spiro atoms. The molecule has 0 atom stereocenters. The topological polar surface area (TPSA) is 46.1 Å². The second-order valence-electron chi connectivity index (χ2n) is 4.16. The Labute approximate surface area is 105 Å². The summed E-state index contributed by atoms with van der Waals surface area (Å²) in [5.41, 5.74) is 2.37. The Morgan fingerprint density at radius 3 is 2.82 bits per heavy atom. The Morgan fingerprint density at radius 2 is 2.18 bits per heavy atom. The van der Waals surface area contributed by atoms with Crippen LogP contribution in [-0.4, -0.2) is 41.0 Å². The first-order valence-corrected chi connectivity index (χ1v) is 6.66. The van der Waals surface area contributed by atoms with Crippen molar-refractivity contribution in [2.45, 2.75) is 18.0 Å². The average Bonchev–Trinajstić information content (AvgIpc) is 2.32. The highest BCUT2D eigenvalue weighted by Crippen LogP contribution is 2.24. The van der Waals surface area contributed by atoms with E-state index >= 15 is 0 Å². The van der Waals surface area contributed by atoms with Crippen molar-refractivity contribution in [3.05, 3.63) is 29.2 Å². The van der Waals surface area contributed by atoms with Crippen LogP contribution in [0.15, 0.2) is 23.1 Å². The van der Waals surface area contributed by atoms with Crippen LogP contribution in [0.4, 0.5) is 0 Å². The van der Waals surface area contributed by atoms with Gasteiger partial charge < -0.3 is 4.90 Å². The fourth-order valence-corrected chi connectivity index (χ4v) is 2.21. The first-order valence-electron chi connectivity index (χ1n) is 5.43. The molecule has 1 aromatic heterocycles. The van der Waals surface area contributed by atoms with E-state index in [0.29, 0.717) is 5.56 Å². The van der Waals surface area contributed by atoms with E-state index in [0.717, 1.165) is 29.3 Å². The number of carbonyl (C=O) groups is 1. The van der Waals surface area contributed by atoms with Gasteiger partial charge in [0.2, 0.25) is 0 Å². The maximum Gasteiger partial charge on any atom is 0.193 e. The molecule has 0 unspecified atom stereocenters. The molecular formula is C12H15N3OS. The van der Waals surface area contributed by atoms with Gasteiger partial charge >= 0.3 is 0 Å². The highest BCUT2D eigenvalue weighted by Gasteiger charge is 2.23. The minimum Gasteiger partial charge on any atom is -0.383 e. The molecule has 0 bridgehead atoms. The summed E-state index contributed by atoms with van der Waals surface area (Å²) in [6, 6.07) is 0. The van der Waals surface area contributed by atoms with Gasteiger partial charge in [-0.1, -0.05) is 11.8 Å². The maximum atomic E-state index is 12.2. The molecule has 4 nitrogen and oxygen atoms in total. The number of rotatable bonds is 2. The van der Waals surface area contributed by atoms with E-state index in [1.807, 2.05) is 31.5 Å². The molecule has 17 heavy (non-hydrogen) atoms. The van der Waals surface area contributed by atoms with Gasteiger partial charge in [0.1, 0.15) is 0 Å². The molecule has 0 saturated carbocycles. The number of ketones is 1. The van der Waals surface area contributed by atoms with Gasteiger partial charge in [0.05, 0.1) is 11.3 Å². The zero-order valence-electron chi connectivity index (χ0n) is 10.2. The smallest absolute Gasteiger partial charge is 0.193 e. The van der Waals surface area contributed by atoms with E-state index in [1.165, 1.54) is 11.8 Å². The molecule has 2 rings (SSSR count). The van der Waals surface area contributed by atoms with Crippen molar-refractivity contribution in [3.63, 3.8) is 0 Å². The number of carbonyl (C=O) groups excluding carboxylic acids is 1. The Kier molecular flexibility index (Phi) is 3.47. The van der Waals surface area contributed by atoms with Gasteiger partial charge in [-0.15, -0.1) is 0 Å². The normalized spacial score (nSPS) is 17.1. The number of thioether (sulfide) groups is 1. The summed E-state index contributed by atoms with van der Waals surface area (Å²) in [5.74, 6) is 0.0626. The maximum absolute atomic E-state index is 12.2. The largest absolute Gasteiger partial charge is 0.383 e. The highest BCUT2D eigenvalue weighted by molar-refractivity contribution is 7.98. The number of Topliss-reactive ketones (excluding diaryl/α,β-unsaturated/α-hetero) is 1. The number of fused-ring (bicyclic) bond motifs is 1. The third-order valence-electron chi connectivity index (χ3n) is 2.61. The summed E-state index contributed by atoms with van der Waals surface area (Å²) >= 11 is 1.50. The SMILES string of the molecule is CSc1ncc2c(n1)CC/C(=C/N(C)C)C2=O. The number of allylic oxidation sites excluding steroid dienone is 1. The Morgan fingerprint density at radius 1 is 1.41 bits per heavy atom. The van der Waals surface area contributed by atoms with E-state index in [2.05, 4.69) is 9.97 Å². The van der Waals surface area contributed by atoms with Crippen molar-refractivity contribution < 1.29 is 4.79 Å². The highest BCUT2D eigenvalue weighted by atomic mass is 32.2. The Balaban J connectivity index is 2.37. The molecule has 0 radical (unpaired) electrons. The van der Waals surface area contributed by atoms with Crippen LogP contribution in [0.25, 0.3) is 0 Å². The third-order valence-corrected chi connectivity index (χ3v) is 3.17. The molecule has 0 N–H and O–H groups in total. The molecule has 0 saturated heterocycles. The van der Waals surface area contributed by atoms with E-state index in [4.69, 9.17) is 0 Å². The summed E-state index contributed by atoms with van der Waals surface area (Å²) in [6.45, 7) is 0. The Hall–Kier alpha value is -1.36. The van der Waals surface area contributed by atoms with Crippen LogP contribution in [0.3, 0.4) is 0 Å². The second-order valence-corrected chi connectivity index (χ2v) is 4.94. The molecule has 0 aliphatic heterocycles. The lowest BCUT2D eigenvalue weighted by Crippen LogP contribution is -2.18. The predicted octanol–water partition coefficient (Wildman–Crippen LogP) is 1.77. The lowest BCUT2D eigenvalue weighted by atomic mass is 9.92. The van der Waals surface area contributed by atoms with Crippen molar-refractivity contribution in [1.82, 2.24) is 14.9 Å². The fraction of sp³-hybridized carbons (Fsp3) is 0.417. The number of hydrogen-bond acceptors (Lipinski definition) is 5. The van der Waals surface area contributed by atoms with Gasteiger partial charge in [-0.25, -0.2) is 9.97 Å². The van der Waals surface area contributed by atoms with Gasteiger partial charge in [-0.2, -0.15) is 0 Å². The van der Waals surface area contributed by atoms with E-state index in [9.17, 15) is 4.79 Å². The zero-order chi connectivity index (χ0) is 12.4. The van der Waals surface area contributed by atoms with Crippen molar-refractivity contribution in [3.8, 4) is 0 Å². The molecule has 90 valence electrons. The zero-order valence-corrected chi connectivity index (χ0v) is 11.0. The molecular weight excluding hydrogens is 234 g/mol. The van der Waals surface area contributed by atoms with Gasteiger partial charge in [0.15, 0.2) is 10.9 Å².